The second-order valence-corrected chi connectivity index (χ2v) is 5.74. The molecular formula is C13H13BrOS. The van der Waals surface area contributed by atoms with Crippen LogP contribution in [0.4, 0.5) is 0 Å². The van der Waals surface area contributed by atoms with Crippen LogP contribution >= 0.6 is 27.3 Å². The zero-order valence-corrected chi connectivity index (χ0v) is 11.3. The Morgan fingerprint density at radius 1 is 1.12 bits per heavy atom. The van der Waals surface area contributed by atoms with Gasteiger partial charge in [0.05, 0.1) is 17.0 Å². The lowest BCUT2D eigenvalue weighted by atomic mass is 10.2. The van der Waals surface area contributed by atoms with Gasteiger partial charge in [-0.1, -0.05) is 30.3 Å². The summed E-state index contributed by atoms with van der Waals surface area (Å²) in [6.07, 6.45) is 0.969. The molecule has 2 rings (SSSR count). The van der Waals surface area contributed by atoms with Crippen molar-refractivity contribution >= 4 is 27.3 Å². The number of benzene rings is 1. The Labute approximate surface area is 108 Å². The molecule has 3 heteroatoms. The second kappa shape index (κ2) is 6.18. The van der Waals surface area contributed by atoms with Gasteiger partial charge in [-0.2, -0.15) is 0 Å². The van der Waals surface area contributed by atoms with Crippen LogP contribution in [0.25, 0.3) is 0 Å². The van der Waals surface area contributed by atoms with Gasteiger partial charge in [-0.3, -0.25) is 0 Å². The highest BCUT2D eigenvalue weighted by Gasteiger charge is 2.00. The molecule has 2 aromatic rings. The van der Waals surface area contributed by atoms with E-state index >= 15 is 0 Å². The predicted molar refractivity (Wildman–Crippen MR) is 71.8 cm³/mol. The highest BCUT2D eigenvalue weighted by molar-refractivity contribution is 9.11. The van der Waals surface area contributed by atoms with Crippen LogP contribution in [0.1, 0.15) is 11.1 Å². The van der Waals surface area contributed by atoms with Crippen LogP contribution in [-0.4, -0.2) is 6.61 Å². The van der Waals surface area contributed by atoms with E-state index in [9.17, 15) is 0 Å². The Bertz CT molecular complexity index is 425. The molecule has 0 atom stereocenters. The van der Waals surface area contributed by atoms with Crippen molar-refractivity contribution in [2.24, 2.45) is 0 Å². The van der Waals surface area contributed by atoms with Crippen LogP contribution < -0.4 is 0 Å². The maximum absolute atomic E-state index is 5.63. The van der Waals surface area contributed by atoms with E-state index in [4.69, 9.17) is 4.74 Å². The van der Waals surface area contributed by atoms with Gasteiger partial charge < -0.3 is 4.74 Å². The minimum atomic E-state index is 0.697. The van der Waals surface area contributed by atoms with Crippen LogP contribution in [0.2, 0.25) is 0 Å². The molecule has 0 fully saturated rings. The SMILES string of the molecule is Brc1sccc1CCOCc1ccccc1. The molecule has 0 unspecified atom stereocenters. The monoisotopic (exact) mass is 296 g/mol. The summed E-state index contributed by atoms with van der Waals surface area (Å²) >= 11 is 5.25. The van der Waals surface area contributed by atoms with Crippen molar-refractivity contribution in [3.8, 4) is 0 Å². The maximum Gasteiger partial charge on any atom is 0.0731 e. The van der Waals surface area contributed by atoms with Crippen LogP contribution in [-0.2, 0) is 17.8 Å². The molecule has 0 radical (unpaired) electrons. The summed E-state index contributed by atoms with van der Waals surface area (Å²) in [6.45, 7) is 1.47. The van der Waals surface area contributed by atoms with Gasteiger partial charge in [0.15, 0.2) is 0 Å². The molecule has 0 spiro atoms. The minimum absolute atomic E-state index is 0.697. The molecule has 0 saturated carbocycles. The molecule has 16 heavy (non-hydrogen) atoms. The van der Waals surface area contributed by atoms with Crippen molar-refractivity contribution in [1.82, 2.24) is 0 Å². The quantitative estimate of drug-likeness (QED) is 0.749. The first-order chi connectivity index (χ1) is 7.86. The first-order valence-corrected chi connectivity index (χ1v) is 6.87. The lowest BCUT2D eigenvalue weighted by Gasteiger charge is -2.03. The van der Waals surface area contributed by atoms with Crippen LogP contribution in [0, 0.1) is 0 Å². The van der Waals surface area contributed by atoms with Crippen LogP contribution in [0.5, 0.6) is 0 Å². The number of rotatable bonds is 5. The Hall–Kier alpha value is -0.640. The average molecular weight is 297 g/mol. The fraction of sp³-hybridized carbons (Fsp3) is 0.231. The third-order valence-electron chi connectivity index (χ3n) is 2.32. The Balaban J connectivity index is 1.72. The van der Waals surface area contributed by atoms with Crippen molar-refractivity contribution in [3.63, 3.8) is 0 Å². The largest absolute Gasteiger partial charge is 0.376 e. The van der Waals surface area contributed by atoms with Gasteiger partial charge in [0.2, 0.25) is 0 Å². The Morgan fingerprint density at radius 3 is 2.62 bits per heavy atom. The smallest absolute Gasteiger partial charge is 0.0731 e. The summed E-state index contributed by atoms with van der Waals surface area (Å²) in [6, 6.07) is 12.4. The van der Waals surface area contributed by atoms with Gasteiger partial charge in [-0.05, 0) is 44.9 Å². The van der Waals surface area contributed by atoms with Gasteiger partial charge in [-0.15, -0.1) is 11.3 Å². The third kappa shape index (κ3) is 3.44. The fourth-order valence-corrected chi connectivity index (χ4v) is 2.77. The lowest BCUT2D eigenvalue weighted by molar-refractivity contribution is 0.124. The molecule has 1 heterocycles. The molecule has 0 amide bonds. The highest BCUT2D eigenvalue weighted by atomic mass is 79.9. The Kier molecular flexibility index (Phi) is 4.57. The van der Waals surface area contributed by atoms with Crippen LogP contribution in [0.3, 0.4) is 0 Å². The number of hydrogen-bond acceptors (Lipinski definition) is 2. The summed E-state index contributed by atoms with van der Waals surface area (Å²) in [7, 11) is 0. The normalized spacial score (nSPS) is 10.6. The summed E-state index contributed by atoms with van der Waals surface area (Å²) in [5.74, 6) is 0. The molecule has 0 aliphatic heterocycles. The number of hydrogen-bond donors (Lipinski definition) is 0. The van der Waals surface area contributed by atoms with E-state index in [0.717, 1.165) is 13.0 Å². The molecule has 0 bridgehead atoms. The summed E-state index contributed by atoms with van der Waals surface area (Å²) in [5.41, 5.74) is 2.56. The van der Waals surface area contributed by atoms with Gasteiger partial charge in [0, 0.05) is 0 Å². The van der Waals surface area contributed by atoms with Crippen molar-refractivity contribution in [2.45, 2.75) is 13.0 Å². The summed E-state index contributed by atoms with van der Waals surface area (Å²) in [5, 5.41) is 2.09. The molecule has 1 aromatic carbocycles. The van der Waals surface area contributed by atoms with Gasteiger partial charge in [-0.25, -0.2) is 0 Å². The summed E-state index contributed by atoms with van der Waals surface area (Å²) < 4.78 is 6.85. The van der Waals surface area contributed by atoms with E-state index in [1.165, 1.54) is 14.9 Å². The lowest BCUT2D eigenvalue weighted by Crippen LogP contribution is -1.98. The van der Waals surface area contributed by atoms with E-state index in [1.807, 2.05) is 18.2 Å². The molecule has 0 saturated heterocycles. The molecule has 84 valence electrons. The minimum Gasteiger partial charge on any atom is -0.376 e. The van der Waals surface area contributed by atoms with Crippen molar-refractivity contribution in [2.75, 3.05) is 6.61 Å². The van der Waals surface area contributed by atoms with Crippen LogP contribution in [0.15, 0.2) is 45.6 Å². The standard InChI is InChI=1S/C13H13BrOS/c14-13-12(7-9-16-13)6-8-15-10-11-4-2-1-3-5-11/h1-5,7,9H,6,8,10H2. The van der Waals surface area contributed by atoms with Crippen molar-refractivity contribution < 1.29 is 4.74 Å². The van der Waals surface area contributed by atoms with E-state index in [-0.39, 0.29) is 0 Å². The first-order valence-electron chi connectivity index (χ1n) is 5.20. The van der Waals surface area contributed by atoms with E-state index in [0.29, 0.717) is 6.61 Å². The Morgan fingerprint density at radius 2 is 1.94 bits per heavy atom. The third-order valence-corrected chi connectivity index (χ3v) is 4.13. The zero-order valence-electron chi connectivity index (χ0n) is 8.86. The van der Waals surface area contributed by atoms with Gasteiger partial charge in [0.25, 0.3) is 0 Å². The maximum atomic E-state index is 5.63. The topological polar surface area (TPSA) is 9.23 Å². The van der Waals surface area contributed by atoms with E-state index in [2.05, 4.69) is 39.5 Å². The molecule has 0 aliphatic carbocycles. The first kappa shape index (κ1) is 11.8. The van der Waals surface area contributed by atoms with E-state index in [1.54, 1.807) is 11.3 Å². The van der Waals surface area contributed by atoms with Gasteiger partial charge >= 0.3 is 0 Å². The molecule has 0 N–H and O–H groups in total. The zero-order chi connectivity index (χ0) is 11.2. The molecular weight excluding hydrogens is 284 g/mol. The predicted octanol–water partition coefficient (Wildman–Crippen LogP) is 4.27. The molecule has 1 nitrogen and oxygen atoms in total. The second-order valence-electron chi connectivity index (χ2n) is 3.51. The van der Waals surface area contributed by atoms with E-state index < -0.39 is 0 Å². The number of ether oxygens (including phenoxy) is 1. The van der Waals surface area contributed by atoms with Crippen molar-refractivity contribution in [1.29, 1.82) is 0 Å². The molecule has 1 aromatic heterocycles. The summed E-state index contributed by atoms with van der Waals surface area (Å²) in [4.78, 5) is 0. The van der Waals surface area contributed by atoms with Crippen molar-refractivity contribution in [3.05, 3.63) is 56.7 Å². The van der Waals surface area contributed by atoms with Gasteiger partial charge in [0.1, 0.15) is 0 Å². The average Bonchev–Trinajstić information content (AvgIpc) is 2.72. The number of thiophene rings is 1. The highest BCUT2D eigenvalue weighted by Crippen LogP contribution is 2.23. The number of halogens is 1. The fourth-order valence-electron chi connectivity index (χ4n) is 1.45. The molecule has 0 aliphatic rings.